The topological polar surface area (TPSA) is 21.2 Å². The maximum atomic E-state index is 4.76. The highest BCUT2D eigenvalue weighted by atomic mass is 15.0. The molecule has 0 aliphatic carbocycles. The summed E-state index contributed by atoms with van der Waals surface area (Å²) in [6.45, 7) is 9.06. The predicted octanol–water partition coefficient (Wildman–Crippen LogP) is 4.88. The molecule has 3 aromatic heterocycles. The zero-order valence-electron chi connectivity index (χ0n) is 16.2. The van der Waals surface area contributed by atoms with Crippen LogP contribution < -0.4 is 4.57 Å². The molecular weight excluding hydrogens is 318 g/mol. The number of rotatable bonds is 2. The molecule has 0 aliphatic heterocycles. The van der Waals surface area contributed by atoms with Crippen molar-refractivity contribution < 1.29 is 4.57 Å². The van der Waals surface area contributed by atoms with E-state index in [-0.39, 0.29) is 5.41 Å². The van der Waals surface area contributed by atoms with Crippen LogP contribution in [-0.4, -0.2) is 9.38 Å². The molecule has 0 unspecified atom stereocenters. The summed E-state index contributed by atoms with van der Waals surface area (Å²) in [5, 5.41) is 0. The van der Waals surface area contributed by atoms with Crippen molar-refractivity contribution in [1.82, 2.24) is 9.38 Å². The molecule has 0 saturated heterocycles. The van der Waals surface area contributed by atoms with Crippen molar-refractivity contribution >= 4 is 16.7 Å². The summed E-state index contributed by atoms with van der Waals surface area (Å²) in [6, 6.07) is 15.1. The standard InChI is InChI=1S/C23H26N3/c1-16-18(20-14-17(11-13-25(20)5)15-23(2,3)4)9-10-19-22(16)26-12-7-6-8-21(26)24-19/h6-14H,15H2,1-5H3/q+1. The monoisotopic (exact) mass is 344 g/mol. The lowest BCUT2D eigenvalue weighted by molar-refractivity contribution is -0.660. The van der Waals surface area contributed by atoms with E-state index in [0.29, 0.717) is 0 Å². The fourth-order valence-electron chi connectivity index (χ4n) is 3.80. The van der Waals surface area contributed by atoms with Gasteiger partial charge >= 0.3 is 0 Å². The van der Waals surface area contributed by atoms with Gasteiger partial charge in [-0.15, -0.1) is 0 Å². The second kappa shape index (κ2) is 5.94. The van der Waals surface area contributed by atoms with Crippen LogP contribution >= 0.6 is 0 Å². The number of imidazole rings is 1. The Morgan fingerprint density at radius 3 is 2.65 bits per heavy atom. The minimum Gasteiger partial charge on any atom is -0.299 e. The van der Waals surface area contributed by atoms with Gasteiger partial charge in [0.1, 0.15) is 12.7 Å². The lowest BCUT2D eigenvalue weighted by Crippen LogP contribution is -2.31. The predicted molar refractivity (Wildman–Crippen MR) is 107 cm³/mol. The molecule has 0 radical (unpaired) electrons. The molecule has 0 N–H and O–H groups in total. The number of hydrogen-bond donors (Lipinski definition) is 0. The number of fused-ring (bicyclic) bond motifs is 3. The van der Waals surface area contributed by atoms with Crippen LogP contribution in [0, 0.1) is 12.3 Å². The zero-order valence-corrected chi connectivity index (χ0v) is 16.2. The van der Waals surface area contributed by atoms with Crippen LogP contribution in [0.1, 0.15) is 31.9 Å². The van der Waals surface area contributed by atoms with Crippen molar-refractivity contribution in [2.24, 2.45) is 12.5 Å². The molecular formula is C23H26N3+. The van der Waals surface area contributed by atoms with Crippen molar-refractivity contribution in [1.29, 1.82) is 0 Å². The summed E-state index contributed by atoms with van der Waals surface area (Å²) in [5.41, 5.74) is 8.67. The molecule has 0 fully saturated rings. The largest absolute Gasteiger partial charge is 0.299 e. The van der Waals surface area contributed by atoms with E-state index in [1.54, 1.807) is 0 Å². The van der Waals surface area contributed by atoms with E-state index in [0.717, 1.165) is 17.6 Å². The minimum atomic E-state index is 0.276. The number of hydrogen-bond acceptors (Lipinski definition) is 1. The highest BCUT2D eigenvalue weighted by molar-refractivity contribution is 5.88. The van der Waals surface area contributed by atoms with Crippen LogP contribution in [0.3, 0.4) is 0 Å². The highest BCUT2D eigenvalue weighted by Gasteiger charge is 2.19. The molecule has 132 valence electrons. The first kappa shape index (κ1) is 16.8. The van der Waals surface area contributed by atoms with Crippen LogP contribution in [0.5, 0.6) is 0 Å². The van der Waals surface area contributed by atoms with Crippen LogP contribution in [-0.2, 0) is 13.5 Å². The molecule has 0 amide bonds. The molecule has 4 rings (SSSR count). The van der Waals surface area contributed by atoms with Crippen molar-refractivity contribution in [3.8, 4) is 11.3 Å². The zero-order chi connectivity index (χ0) is 18.5. The Morgan fingerprint density at radius 2 is 1.88 bits per heavy atom. The summed E-state index contributed by atoms with van der Waals surface area (Å²) in [7, 11) is 2.12. The van der Waals surface area contributed by atoms with E-state index in [1.165, 1.54) is 27.9 Å². The number of aromatic nitrogens is 3. The molecule has 26 heavy (non-hydrogen) atoms. The maximum Gasteiger partial charge on any atom is 0.212 e. The lowest BCUT2D eigenvalue weighted by Gasteiger charge is -2.18. The third-order valence-electron chi connectivity index (χ3n) is 4.95. The Balaban J connectivity index is 1.93. The van der Waals surface area contributed by atoms with Gasteiger partial charge in [0.05, 0.1) is 16.6 Å². The van der Waals surface area contributed by atoms with E-state index < -0.39 is 0 Å². The summed E-state index contributed by atoms with van der Waals surface area (Å²) in [6.07, 6.45) is 5.34. The van der Waals surface area contributed by atoms with Crippen molar-refractivity contribution in [3.05, 3.63) is 66.0 Å². The molecule has 0 bridgehead atoms. The van der Waals surface area contributed by atoms with Gasteiger partial charge in [0.25, 0.3) is 0 Å². The number of pyridine rings is 2. The molecule has 3 heterocycles. The van der Waals surface area contributed by atoms with Crippen molar-refractivity contribution in [3.63, 3.8) is 0 Å². The van der Waals surface area contributed by atoms with E-state index in [4.69, 9.17) is 4.98 Å². The molecule has 1 aromatic carbocycles. The number of nitrogens with zero attached hydrogens (tertiary/aromatic N) is 3. The third kappa shape index (κ3) is 2.88. The first-order chi connectivity index (χ1) is 12.3. The van der Waals surface area contributed by atoms with Crippen LogP contribution in [0.15, 0.2) is 54.9 Å². The molecule has 0 saturated carbocycles. The number of aryl methyl sites for hydroxylation is 2. The summed E-state index contributed by atoms with van der Waals surface area (Å²) >= 11 is 0. The molecule has 0 aliphatic rings. The van der Waals surface area contributed by atoms with Gasteiger partial charge in [-0.05, 0) is 54.2 Å². The van der Waals surface area contributed by atoms with Gasteiger partial charge in [0.2, 0.25) is 5.69 Å². The van der Waals surface area contributed by atoms with Gasteiger partial charge < -0.3 is 0 Å². The molecule has 3 nitrogen and oxygen atoms in total. The van der Waals surface area contributed by atoms with E-state index in [9.17, 15) is 0 Å². The van der Waals surface area contributed by atoms with Crippen molar-refractivity contribution in [2.45, 2.75) is 34.1 Å². The molecule has 3 heteroatoms. The average Bonchev–Trinajstić information content (AvgIpc) is 2.95. The lowest BCUT2D eigenvalue weighted by atomic mass is 9.88. The Labute approximate surface area is 154 Å². The van der Waals surface area contributed by atoms with E-state index in [1.807, 2.05) is 6.07 Å². The normalized spacial score (nSPS) is 12.2. The van der Waals surface area contributed by atoms with Gasteiger partial charge in [-0.3, -0.25) is 4.40 Å². The summed E-state index contributed by atoms with van der Waals surface area (Å²) in [5.74, 6) is 0. The first-order valence-corrected chi connectivity index (χ1v) is 9.19. The van der Waals surface area contributed by atoms with E-state index >= 15 is 0 Å². The van der Waals surface area contributed by atoms with Crippen LogP contribution in [0.4, 0.5) is 0 Å². The number of benzene rings is 1. The van der Waals surface area contributed by atoms with E-state index in [2.05, 4.69) is 92.5 Å². The first-order valence-electron chi connectivity index (χ1n) is 9.19. The SMILES string of the molecule is Cc1c(-c2cc(CC(C)(C)C)cc[n+]2C)ccc2nc3ccccn3c12. The van der Waals surface area contributed by atoms with Gasteiger partial charge in [0.15, 0.2) is 6.20 Å². The Bertz CT molecular complexity index is 1110. The fraction of sp³-hybridized carbons (Fsp3) is 0.304. The van der Waals surface area contributed by atoms with Gasteiger partial charge in [-0.1, -0.05) is 26.8 Å². The maximum absolute atomic E-state index is 4.76. The van der Waals surface area contributed by atoms with Crippen LogP contribution in [0.25, 0.3) is 27.9 Å². The fourth-order valence-corrected chi connectivity index (χ4v) is 3.80. The summed E-state index contributed by atoms with van der Waals surface area (Å²) < 4.78 is 4.40. The van der Waals surface area contributed by atoms with Gasteiger partial charge in [0, 0.05) is 18.3 Å². The second-order valence-corrected chi connectivity index (χ2v) is 8.42. The highest BCUT2D eigenvalue weighted by Crippen LogP contribution is 2.30. The van der Waals surface area contributed by atoms with Gasteiger partial charge in [-0.25, -0.2) is 9.55 Å². The Kier molecular flexibility index (Phi) is 3.83. The summed E-state index contributed by atoms with van der Waals surface area (Å²) in [4.78, 5) is 4.76. The Morgan fingerprint density at radius 1 is 1.08 bits per heavy atom. The van der Waals surface area contributed by atoms with Gasteiger partial charge in [-0.2, -0.15) is 0 Å². The van der Waals surface area contributed by atoms with Crippen LogP contribution in [0.2, 0.25) is 0 Å². The molecule has 4 aromatic rings. The Hall–Kier alpha value is -2.68. The van der Waals surface area contributed by atoms with Crippen molar-refractivity contribution in [2.75, 3.05) is 0 Å². The third-order valence-corrected chi connectivity index (χ3v) is 4.95. The quantitative estimate of drug-likeness (QED) is 0.475. The molecule has 0 spiro atoms. The smallest absolute Gasteiger partial charge is 0.212 e. The minimum absolute atomic E-state index is 0.276. The second-order valence-electron chi connectivity index (χ2n) is 8.42. The molecule has 0 atom stereocenters. The average molecular weight is 344 g/mol.